The molecule has 6 heteroatoms. The van der Waals surface area contributed by atoms with Gasteiger partial charge < -0.3 is 10.6 Å². The van der Waals surface area contributed by atoms with Gasteiger partial charge in [-0.25, -0.2) is 8.78 Å². The topological polar surface area (TPSA) is 58.2 Å². The number of benzene rings is 2. The smallest absolute Gasteiger partial charge is 0.257 e. The number of hydrogen-bond acceptors (Lipinski definition) is 2. The minimum absolute atomic E-state index is 0.255. The average molecular weight is 346 g/mol. The number of carbonyl (C=O) groups is 2. The monoisotopic (exact) mass is 346 g/mol. The molecule has 2 N–H and O–H groups in total. The Kier molecular flexibility index (Phi) is 6.22. The van der Waals surface area contributed by atoms with Crippen LogP contribution in [0.15, 0.2) is 48.5 Å². The van der Waals surface area contributed by atoms with E-state index in [4.69, 9.17) is 0 Å². The lowest BCUT2D eigenvalue weighted by molar-refractivity contribution is -0.124. The molecule has 0 aromatic heterocycles. The van der Waals surface area contributed by atoms with Crippen LogP contribution in [-0.4, -0.2) is 17.9 Å². The van der Waals surface area contributed by atoms with Gasteiger partial charge >= 0.3 is 0 Å². The van der Waals surface area contributed by atoms with Gasteiger partial charge in [-0.05, 0) is 23.6 Å². The predicted molar refractivity (Wildman–Crippen MR) is 90.7 cm³/mol. The molecule has 0 aliphatic heterocycles. The molecule has 0 saturated carbocycles. The highest BCUT2D eigenvalue weighted by molar-refractivity contribution is 5.98. The second-order valence-corrected chi connectivity index (χ2v) is 6.00. The van der Waals surface area contributed by atoms with E-state index in [-0.39, 0.29) is 5.92 Å². The minimum atomic E-state index is -0.968. The standard InChI is InChI=1S/C19H20F2N2O2/c1-12(2)17(19(25)22-11-13-7-4-3-5-8-13)23-18(24)16-14(20)9-6-10-15(16)21/h3-10,12,17H,11H2,1-2H3,(H,22,25)(H,23,24). The van der Waals surface area contributed by atoms with Gasteiger partial charge in [0.1, 0.15) is 23.2 Å². The van der Waals surface area contributed by atoms with Crippen LogP contribution in [-0.2, 0) is 11.3 Å². The lowest BCUT2D eigenvalue weighted by Crippen LogP contribution is -2.49. The third kappa shape index (κ3) is 4.86. The summed E-state index contributed by atoms with van der Waals surface area (Å²) < 4.78 is 27.4. The van der Waals surface area contributed by atoms with E-state index in [2.05, 4.69) is 10.6 Å². The van der Waals surface area contributed by atoms with Crippen molar-refractivity contribution in [2.45, 2.75) is 26.4 Å². The zero-order valence-corrected chi connectivity index (χ0v) is 14.1. The van der Waals surface area contributed by atoms with Gasteiger partial charge in [0.05, 0.1) is 0 Å². The van der Waals surface area contributed by atoms with Gasteiger partial charge in [-0.3, -0.25) is 9.59 Å². The number of hydrogen-bond donors (Lipinski definition) is 2. The Morgan fingerprint density at radius 2 is 1.56 bits per heavy atom. The molecule has 1 unspecified atom stereocenters. The summed E-state index contributed by atoms with van der Waals surface area (Å²) in [6.45, 7) is 3.78. The van der Waals surface area contributed by atoms with Crippen LogP contribution in [0.2, 0.25) is 0 Å². The zero-order chi connectivity index (χ0) is 18.4. The van der Waals surface area contributed by atoms with Crippen LogP contribution in [0.4, 0.5) is 8.78 Å². The molecule has 25 heavy (non-hydrogen) atoms. The summed E-state index contributed by atoms with van der Waals surface area (Å²) >= 11 is 0. The van der Waals surface area contributed by atoms with E-state index in [1.807, 2.05) is 30.3 Å². The molecule has 0 fully saturated rings. The van der Waals surface area contributed by atoms with Crippen molar-refractivity contribution in [3.8, 4) is 0 Å². The highest BCUT2D eigenvalue weighted by atomic mass is 19.1. The Labute approximate surface area is 145 Å². The van der Waals surface area contributed by atoms with E-state index in [9.17, 15) is 18.4 Å². The Morgan fingerprint density at radius 3 is 2.12 bits per heavy atom. The first-order valence-electron chi connectivity index (χ1n) is 7.96. The fourth-order valence-electron chi connectivity index (χ4n) is 2.36. The maximum atomic E-state index is 13.7. The predicted octanol–water partition coefficient (Wildman–Crippen LogP) is 3.04. The molecule has 2 rings (SSSR count). The third-order valence-electron chi connectivity index (χ3n) is 3.74. The molecular weight excluding hydrogens is 326 g/mol. The van der Waals surface area contributed by atoms with Gasteiger partial charge in [0.15, 0.2) is 0 Å². The fourth-order valence-corrected chi connectivity index (χ4v) is 2.36. The summed E-state index contributed by atoms with van der Waals surface area (Å²) in [4.78, 5) is 24.6. The van der Waals surface area contributed by atoms with Crippen LogP contribution in [0.25, 0.3) is 0 Å². The first-order chi connectivity index (χ1) is 11.9. The number of amides is 2. The Morgan fingerprint density at radius 1 is 0.960 bits per heavy atom. The highest BCUT2D eigenvalue weighted by Crippen LogP contribution is 2.13. The number of rotatable bonds is 6. The second kappa shape index (κ2) is 8.37. The molecule has 4 nitrogen and oxygen atoms in total. The van der Waals surface area contributed by atoms with Crippen molar-refractivity contribution >= 4 is 11.8 Å². The van der Waals surface area contributed by atoms with E-state index in [1.54, 1.807) is 13.8 Å². The quantitative estimate of drug-likeness (QED) is 0.845. The first-order valence-corrected chi connectivity index (χ1v) is 7.96. The second-order valence-electron chi connectivity index (χ2n) is 6.00. The molecule has 0 aliphatic carbocycles. The molecule has 2 amide bonds. The molecule has 0 radical (unpaired) electrons. The zero-order valence-electron chi connectivity index (χ0n) is 14.1. The molecule has 2 aromatic rings. The van der Waals surface area contributed by atoms with E-state index < -0.39 is 35.1 Å². The Hall–Kier alpha value is -2.76. The summed E-state index contributed by atoms with van der Waals surface area (Å²) in [5.41, 5.74) is 0.217. The first kappa shape index (κ1) is 18.6. The van der Waals surface area contributed by atoms with Gasteiger partial charge in [-0.2, -0.15) is 0 Å². The van der Waals surface area contributed by atoms with Crippen LogP contribution < -0.4 is 10.6 Å². The summed E-state index contributed by atoms with van der Waals surface area (Å²) in [5, 5.41) is 5.14. The van der Waals surface area contributed by atoms with Crippen molar-refractivity contribution in [2.75, 3.05) is 0 Å². The van der Waals surface area contributed by atoms with E-state index in [0.717, 1.165) is 17.7 Å². The fraction of sp³-hybridized carbons (Fsp3) is 0.263. The van der Waals surface area contributed by atoms with Crippen molar-refractivity contribution < 1.29 is 18.4 Å². The Balaban J connectivity index is 2.07. The lowest BCUT2D eigenvalue weighted by atomic mass is 10.0. The minimum Gasteiger partial charge on any atom is -0.350 e. The lowest BCUT2D eigenvalue weighted by Gasteiger charge is -2.22. The van der Waals surface area contributed by atoms with Crippen molar-refractivity contribution in [2.24, 2.45) is 5.92 Å². The van der Waals surface area contributed by atoms with Crippen LogP contribution in [0.1, 0.15) is 29.8 Å². The van der Waals surface area contributed by atoms with Crippen LogP contribution in [0, 0.1) is 17.6 Å². The molecule has 0 heterocycles. The summed E-state index contributed by atoms with van der Waals surface area (Å²) in [7, 11) is 0. The molecule has 132 valence electrons. The maximum Gasteiger partial charge on any atom is 0.257 e. The van der Waals surface area contributed by atoms with E-state index in [0.29, 0.717) is 6.54 Å². The van der Waals surface area contributed by atoms with Crippen molar-refractivity contribution in [3.63, 3.8) is 0 Å². The van der Waals surface area contributed by atoms with Crippen molar-refractivity contribution in [1.82, 2.24) is 10.6 Å². The van der Waals surface area contributed by atoms with Crippen LogP contribution >= 0.6 is 0 Å². The van der Waals surface area contributed by atoms with Gasteiger partial charge in [0.2, 0.25) is 5.91 Å². The third-order valence-corrected chi connectivity index (χ3v) is 3.74. The van der Waals surface area contributed by atoms with Gasteiger partial charge in [0.25, 0.3) is 5.91 Å². The molecule has 2 aromatic carbocycles. The molecule has 0 saturated heterocycles. The van der Waals surface area contributed by atoms with Gasteiger partial charge in [-0.1, -0.05) is 50.2 Å². The van der Waals surface area contributed by atoms with Gasteiger partial charge in [-0.15, -0.1) is 0 Å². The molecular formula is C19H20F2N2O2. The van der Waals surface area contributed by atoms with Crippen LogP contribution in [0.3, 0.4) is 0 Å². The summed E-state index contributed by atoms with van der Waals surface area (Å²) in [6, 6.07) is 11.6. The molecule has 0 spiro atoms. The highest BCUT2D eigenvalue weighted by Gasteiger charge is 2.27. The molecule has 0 bridgehead atoms. The molecule has 0 aliphatic rings. The van der Waals surface area contributed by atoms with Crippen LogP contribution in [0.5, 0.6) is 0 Å². The van der Waals surface area contributed by atoms with E-state index >= 15 is 0 Å². The summed E-state index contributed by atoms with van der Waals surface area (Å²) in [5.74, 6) is -3.56. The van der Waals surface area contributed by atoms with E-state index in [1.165, 1.54) is 6.07 Å². The number of halogens is 2. The Bertz CT molecular complexity index is 728. The SMILES string of the molecule is CC(C)C(NC(=O)c1c(F)cccc1F)C(=O)NCc1ccccc1. The molecule has 1 atom stereocenters. The number of carbonyl (C=O) groups excluding carboxylic acids is 2. The largest absolute Gasteiger partial charge is 0.350 e. The van der Waals surface area contributed by atoms with Crippen molar-refractivity contribution in [3.05, 3.63) is 71.3 Å². The average Bonchev–Trinajstić information content (AvgIpc) is 2.58. The normalized spacial score (nSPS) is 11.9. The summed E-state index contributed by atoms with van der Waals surface area (Å²) in [6.07, 6.45) is 0. The number of nitrogens with one attached hydrogen (secondary N) is 2. The van der Waals surface area contributed by atoms with Crippen molar-refractivity contribution in [1.29, 1.82) is 0 Å². The van der Waals surface area contributed by atoms with Gasteiger partial charge in [0, 0.05) is 6.54 Å². The maximum absolute atomic E-state index is 13.7.